The Balaban J connectivity index is 1.23. The van der Waals surface area contributed by atoms with E-state index in [4.69, 9.17) is 0 Å². The van der Waals surface area contributed by atoms with Crippen LogP contribution in [-0.2, 0) is 6.42 Å². The van der Waals surface area contributed by atoms with Gasteiger partial charge in [-0.05, 0) is 62.4 Å². The molecule has 0 spiro atoms. The zero-order valence-electron chi connectivity index (χ0n) is 14.8. The predicted molar refractivity (Wildman–Crippen MR) is 101 cm³/mol. The SMILES string of the molecule is O=C(NCCc1cccc2[nH]ccc12)N1CCC(CN2CCCC2)C1. The third-order valence-corrected chi connectivity index (χ3v) is 5.64. The largest absolute Gasteiger partial charge is 0.361 e. The van der Waals surface area contributed by atoms with Crippen LogP contribution in [0.2, 0.25) is 0 Å². The van der Waals surface area contributed by atoms with Crippen molar-refractivity contribution in [3.05, 3.63) is 36.0 Å². The van der Waals surface area contributed by atoms with Gasteiger partial charge in [-0.1, -0.05) is 12.1 Å². The van der Waals surface area contributed by atoms with Crippen molar-refractivity contribution < 1.29 is 4.79 Å². The lowest BCUT2D eigenvalue weighted by Gasteiger charge is -2.21. The van der Waals surface area contributed by atoms with Gasteiger partial charge in [0.25, 0.3) is 0 Å². The van der Waals surface area contributed by atoms with E-state index in [1.165, 1.54) is 43.4 Å². The maximum Gasteiger partial charge on any atom is 0.317 e. The summed E-state index contributed by atoms with van der Waals surface area (Å²) >= 11 is 0. The lowest BCUT2D eigenvalue weighted by molar-refractivity contribution is 0.204. The van der Waals surface area contributed by atoms with Crippen LogP contribution in [-0.4, -0.2) is 60.1 Å². The molecule has 4 rings (SSSR count). The van der Waals surface area contributed by atoms with Crippen molar-refractivity contribution in [1.29, 1.82) is 0 Å². The molecular formula is C20H28N4O. The van der Waals surface area contributed by atoms with E-state index in [1.807, 2.05) is 11.1 Å². The molecule has 2 N–H and O–H groups in total. The predicted octanol–water partition coefficient (Wildman–Crippen LogP) is 2.84. The number of amides is 2. The van der Waals surface area contributed by atoms with Gasteiger partial charge in [-0.2, -0.15) is 0 Å². The zero-order valence-corrected chi connectivity index (χ0v) is 14.8. The molecule has 1 aromatic carbocycles. The molecular weight excluding hydrogens is 312 g/mol. The maximum atomic E-state index is 12.4. The van der Waals surface area contributed by atoms with Crippen LogP contribution in [0, 0.1) is 5.92 Å². The Kier molecular flexibility index (Phi) is 4.92. The molecule has 2 amide bonds. The number of aromatic amines is 1. The van der Waals surface area contributed by atoms with Gasteiger partial charge in [-0.3, -0.25) is 0 Å². The van der Waals surface area contributed by atoms with Gasteiger partial charge in [0.05, 0.1) is 0 Å². The number of aromatic nitrogens is 1. The normalized spacial score (nSPS) is 21.3. The van der Waals surface area contributed by atoms with Crippen LogP contribution in [0.25, 0.3) is 10.9 Å². The van der Waals surface area contributed by atoms with Gasteiger partial charge in [0.15, 0.2) is 0 Å². The van der Waals surface area contributed by atoms with Crippen molar-refractivity contribution in [3.63, 3.8) is 0 Å². The monoisotopic (exact) mass is 340 g/mol. The number of urea groups is 1. The Labute approximate surface area is 149 Å². The molecule has 2 aromatic rings. The van der Waals surface area contributed by atoms with E-state index in [0.717, 1.165) is 31.4 Å². The van der Waals surface area contributed by atoms with E-state index >= 15 is 0 Å². The third kappa shape index (κ3) is 3.82. The number of likely N-dealkylation sites (tertiary alicyclic amines) is 2. The van der Waals surface area contributed by atoms with Gasteiger partial charge in [0.1, 0.15) is 0 Å². The molecule has 1 aromatic heterocycles. The van der Waals surface area contributed by atoms with Crippen molar-refractivity contribution in [1.82, 2.24) is 20.1 Å². The van der Waals surface area contributed by atoms with Gasteiger partial charge in [0, 0.05) is 43.3 Å². The lowest BCUT2D eigenvalue weighted by Crippen LogP contribution is -2.40. The van der Waals surface area contributed by atoms with E-state index < -0.39 is 0 Å². The summed E-state index contributed by atoms with van der Waals surface area (Å²) < 4.78 is 0. The average Bonchev–Trinajstić information content (AvgIpc) is 3.37. The number of nitrogens with zero attached hydrogens (tertiary/aromatic N) is 2. The summed E-state index contributed by atoms with van der Waals surface area (Å²) in [5, 5.41) is 4.36. The molecule has 2 fully saturated rings. The Morgan fingerprint density at radius 2 is 2.08 bits per heavy atom. The highest BCUT2D eigenvalue weighted by molar-refractivity contribution is 5.83. The van der Waals surface area contributed by atoms with E-state index in [1.54, 1.807) is 0 Å². The summed E-state index contributed by atoms with van der Waals surface area (Å²) in [6.07, 6.45) is 6.66. The van der Waals surface area contributed by atoms with Crippen LogP contribution in [0.15, 0.2) is 30.5 Å². The van der Waals surface area contributed by atoms with Crippen LogP contribution >= 0.6 is 0 Å². The third-order valence-electron chi connectivity index (χ3n) is 5.64. The standard InChI is InChI=1S/C20H28N4O/c25-20(24-13-8-16(15-24)14-23-11-1-2-12-23)22-9-6-17-4-3-5-19-18(17)7-10-21-19/h3-5,7,10,16,21H,1-2,6,8-9,11-15H2,(H,22,25). The molecule has 0 aliphatic carbocycles. The molecule has 1 unspecified atom stereocenters. The second kappa shape index (κ2) is 7.48. The van der Waals surface area contributed by atoms with Gasteiger partial charge in [-0.25, -0.2) is 4.79 Å². The van der Waals surface area contributed by atoms with Crippen LogP contribution in [0.3, 0.4) is 0 Å². The molecule has 2 aliphatic heterocycles. The van der Waals surface area contributed by atoms with Crippen molar-refractivity contribution in [2.75, 3.05) is 39.3 Å². The highest BCUT2D eigenvalue weighted by Crippen LogP contribution is 2.20. The fraction of sp³-hybridized carbons (Fsp3) is 0.550. The number of nitrogens with one attached hydrogen (secondary N) is 2. The number of fused-ring (bicyclic) bond motifs is 1. The van der Waals surface area contributed by atoms with Crippen LogP contribution < -0.4 is 5.32 Å². The number of benzene rings is 1. The number of carbonyl (C=O) groups is 1. The van der Waals surface area contributed by atoms with Gasteiger partial charge in [-0.15, -0.1) is 0 Å². The number of rotatable bonds is 5. The zero-order chi connectivity index (χ0) is 17.1. The minimum atomic E-state index is 0.102. The first-order chi connectivity index (χ1) is 12.3. The fourth-order valence-corrected chi connectivity index (χ4v) is 4.28. The molecule has 2 aliphatic rings. The quantitative estimate of drug-likeness (QED) is 0.879. The second-order valence-corrected chi connectivity index (χ2v) is 7.45. The van der Waals surface area contributed by atoms with Crippen molar-refractivity contribution >= 4 is 16.9 Å². The van der Waals surface area contributed by atoms with Gasteiger partial charge in [0.2, 0.25) is 0 Å². The number of hydrogen-bond donors (Lipinski definition) is 2. The van der Waals surface area contributed by atoms with Crippen LogP contribution in [0.1, 0.15) is 24.8 Å². The molecule has 5 heteroatoms. The summed E-state index contributed by atoms with van der Waals surface area (Å²) in [5.74, 6) is 0.650. The van der Waals surface area contributed by atoms with Crippen molar-refractivity contribution in [2.24, 2.45) is 5.92 Å². The highest BCUT2D eigenvalue weighted by Gasteiger charge is 2.28. The Bertz CT molecular complexity index is 719. The molecule has 5 nitrogen and oxygen atoms in total. The smallest absolute Gasteiger partial charge is 0.317 e. The first-order valence-electron chi connectivity index (χ1n) is 9.60. The first-order valence-corrected chi connectivity index (χ1v) is 9.60. The maximum absolute atomic E-state index is 12.4. The second-order valence-electron chi connectivity index (χ2n) is 7.45. The van der Waals surface area contributed by atoms with Gasteiger partial charge >= 0.3 is 6.03 Å². The van der Waals surface area contributed by atoms with E-state index in [9.17, 15) is 4.79 Å². The summed E-state index contributed by atoms with van der Waals surface area (Å²) in [6, 6.07) is 8.51. The molecule has 134 valence electrons. The number of carbonyl (C=O) groups excluding carboxylic acids is 1. The molecule has 0 bridgehead atoms. The Morgan fingerprint density at radius 1 is 1.20 bits per heavy atom. The van der Waals surface area contributed by atoms with Crippen LogP contribution in [0.4, 0.5) is 4.79 Å². The minimum Gasteiger partial charge on any atom is -0.361 e. The topological polar surface area (TPSA) is 51.4 Å². The van der Waals surface area contributed by atoms with Gasteiger partial charge < -0.3 is 20.1 Å². The van der Waals surface area contributed by atoms with E-state index in [2.05, 4.69) is 39.5 Å². The van der Waals surface area contributed by atoms with Crippen molar-refractivity contribution in [2.45, 2.75) is 25.7 Å². The molecule has 0 saturated carbocycles. The molecule has 2 saturated heterocycles. The number of hydrogen-bond acceptors (Lipinski definition) is 2. The fourth-order valence-electron chi connectivity index (χ4n) is 4.28. The van der Waals surface area contributed by atoms with E-state index in [-0.39, 0.29) is 6.03 Å². The minimum absolute atomic E-state index is 0.102. The molecule has 3 heterocycles. The summed E-state index contributed by atoms with van der Waals surface area (Å²) in [6.45, 7) is 6.16. The Hall–Kier alpha value is -2.01. The molecule has 25 heavy (non-hydrogen) atoms. The summed E-state index contributed by atoms with van der Waals surface area (Å²) in [5.41, 5.74) is 2.44. The summed E-state index contributed by atoms with van der Waals surface area (Å²) in [4.78, 5) is 20.2. The van der Waals surface area contributed by atoms with Crippen molar-refractivity contribution in [3.8, 4) is 0 Å². The molecule has 1 atom stereocenters. The average molecular weight is 340 g/mol. The number of H-pyrrole nitrogens is 1. The lowest BCUT2D eigenvalue weighted by atomic mass is 10.1. The first kappa shape index (κ1) is 16.5. The van der Waals surface area contributed by atoms with Crippen LogP contribution in [0.5, 0.6) is 0 Å². The molecule has 0 radical (unpaired) electrons. The Morgan fingerprint density at radius 3 is 2.96 bits per heavy atom. The summed E-state index contributed by atoms with van der Waals surface area (Å²) in [7, 11) is 0. The highest BCUT2D eigenvalue weighted by atomic mass is 16.2. The van der Waals surface area contributed by atoms with E-state index in [0.29, 0.717) is 12.5 Å².